The second kappa shape index (κ2) is 1.55. The Morgan fingerprint density at radius 1 is 1.30 bits per heavy atom. The molecule has 0 spiro atoms. The molecular formula is C7H10O3. The molecule has 56 valence electrons. The van der Waals surface area contributed by atoms with E-state index in [1.807, 2.05) is 0 Å². The van der Waals surface area contributed by atoms with Gasteiger partial charge in [0.05, 0.1) is 12.7 Å². The van der Waals surface area contributed by atoms with E-state index in [2.05, 4.69) is 0 Å². The Kier molecular flexibility index (Phi) is 0.854. The highest BCUT2D eigenvalue weighted by molar-refractivity contribution is 5.03. The average Bonchev–Trinajstić information content (AvgIpc) is 2.61. The normalized spacial score (nSPS) is 63.9. The third-order valence-electron chi connectivity index (χ3n) is 2.82. The monoisotopic (exact) mass is 142 g/mol. The van der Waals surface area contributed by atoms with E-state index in [0.717, 1.165) is 6.42 Å². The van der Waals surface area contributed by atoms with Crippen LogP contribution in [0.4, 0.5) is 0 Å². The molecule has 2 heterocycles. The summed E-state index contributed by atoms with van der Waals surface area (Å²) in [6.07, 6.45) is 0.807. The topological polar surface area (TPSA) is 38.7 Å². The molecule has 10 heavy (non-hydrogen) atoms. The van der Waals surface area contributed by atoms with Crippen molar-refractivity contribution in [2.45, 2.75) is 24.9 Å². The minimum Gasteiger partial charge on any atom is -0.388 e. The molecule has 2 bridgehead atoms. The zero-order chi connectivity index (χ0) is 6.72. The summed E-state index contributed by atoms with van der Waals surface area (Å²) < 4.78 is 10.6. The SMILES string of the molecule is O[C@@H]1[C@@H]2OC[C@H](O2)[C@H]2C[C@@H]12. The highest BCUT2D eigenvalue weighted by atomic mass is 16.7. The van der Waals surface area contributed by atoms with E-state index in [9.17, 15) is 5.11 Å². The van der Waals surface area contributed by atoms with Crippen molar-refractivity contribution in [3.63, 3.8) is 0 Å². The molecule has 0 radical (unpaired) electrons. The summed E-state index contributed by atoms with van der Waals surface area (Å²) in [5.74, 6) is 1.10. The van der Waals surface area contributed by atoms with E-state index in [1.165, 1.54) is 0 Å². The summed E-state index contributed by atoms with van der Waals surface area (Å²) in [7, 11) is 0. The number of hydrogen-bond donors (Lipinski definition) is 1. The van der Waals surface area contributed by atoms with Crippen molar-refractivity contribution in [2.75, 3.05) is 6.61 Å². The van der Waals surface area contributed by atoms with Gasteiger partial charge >= 0.3 is 0 Å². The highest BCUT2D eigenvalue weighted by Crippen LogP contribution is 2.52. The molecule has 3 nitrogen and oxygen atoms in total. The first-order valence-corrected chi connectivity index (χ1v) is 3.81. The number of rotatable bonds is 0. The molecule has 0 unspecified atom stereocenters. The summed E-state index contributed by atoms with van der Waals surface area (Å²) in [4.78, 5) is 0. The van der Waals surface area contributed by atoms with Crippen LogP contribution in [0.3, 0.4) is 0 Å². The number of ether oxygens (including phenoxy) is 2. The lowest BCUT2D eigenvalue weighted by atomic mass is 10.1. The zero-order valence-electron chi connectivity index (χ0n) is 5.56. The molecular weight excluding hydrogens is 132 g/mol. The molecule has 2 aliphatic heterocycles. The van der Waals surface area contributed by atoms with Crippen molar-refractivity contribution >= 4 is 0 Å². The van der Waals surface area contributed by atoms with E-state index >= 15 is 0 Å². The predicted octanol–water partition coefficient (Wildman–Crippen LogP) is -0.262. The standard InChI is InChI=1S/C7H10O3/c8-6-4-1-3(4)5-2-9-7(6)10-5/h3-8H,1-2H2/t3-,4+,5-,6-,7+/m0/s1. The van der Waals surface area contributed by atoms with Crippen LogP contribution in [0.5, 0.6) is 0 Å². The van der Waals surface area contributed by atoms with E-state index in [1.54, 1.807) is 0 Å². The molecule has 0 amide bonds. The fourth-order valence-electron chi connectivity index (χ4n) is 2.10. The molecule has 2 saturated heterocycles. The Bertz CT molecular complexity index is 168. The minimum atomic E-state index is -0.344. The molecule has 1 N–H and O–H groups in total. The largest absolute Gasteiger partial charge is 0.388 e. The maximum atomic E-state index is 9.46. The Hall–Kier alpha value is -0.120. The van der Waals surface area contributed by atoms with Crippen molar-refractivity contribution in [3.8, 4) is 0 Å². The maximum absolute atomic E-state index is 9.46. The minimum absolute atomic E-state index is 0.297. The zero-order valence-corrected chi connectivity index (χ0v) is 5.56. The second-order valence-electron chi connectivity index (χ2n) is 3.43. The first-order valence-electron chi connectivity index (χ1n) is 3.81. The Morgan fingerprint density at radius 2 is 2.20 bits per heavy atom. The van der Waals surface area contributed by atoms with Gasteiger partial charge in [0, 0.05) is 0 Å². The molecule has 0 aromatic carbocycles. The van der Waals surface area contributed by atoms with Crippen LogP contribution in [0.2, 0.25) is 0 Å². The Morgan fingerprint density at radius 3 is 3.10 bits per heavy atom. The lowest BCUT2D eigenvalue weighted by Gasteiger charge is -2.22. The van der Waals surface area contributed by atoms with Crippen LogP contribution < -0.4 is 0 Å². The molecule has 0 aromatic rings. The van der Waals surface area contributed by atoms with E-state index in [4.69, 9.17) is 9.47 Å². The van der Waals surface area contributed by atoms with Crippen LogP contribution in [-0.2, 0) is 9.47 Å². The van der Waals surface area contributed by atoms with Crippen molar-refractivity contribution in [2.24, 2.45) is 11.8 Å². The fraction of sp³-hybridized carbons (Fsp3) is 1.00. The van der Waals surface area contributed by atoms with Crippen LogP contribution >= 0.6 is 0 Å². The van der Waals surface area contributed by atoms with Gasteiger partial charge < -0.3 is 14.6 Å². The Balaban J connectivity index is 1.91. The molecule has 3 rings (SSSR count). The summed E-state index contributed by atoms with van der Waals surface area (Å²) in [5, 5.41) is 9.46. The predicted molar refractivity (Wildman–Crippen MR) is 32.2 cm³/mol. The lowest BCUT2D eigenvalue weighted by molar-refractivity contribution is -0.157. The van der Waals surface area contributed by atoms with Gasteiger partial charge in [-0.1, -0.05) is 0 Å². The summed E-state index contributed by atoms with van der Waals surface area (Å²) in [6, 6.07) is 0. The number of fused-ring (bicyclic) bond motifs is 4. The quantitative estimate of drug-likeness (QED) is 0.506. The first kappa shape index (κ1) is 5.52. The van der Waals surface area contributed by atoms with Crippen LogP contribution in [0.1, 0.15) is 6.42 Å². The molecule has 0 aromatic heterocycles. The highest BCUT2D eigenvalue weighted by Gasteiger charge is 2.58. The van der Waals surface area contributed by atoms with Gasteiger partial charge in [-0.05, 0) is 18.3 Å². The molecule has 3 fully saturated rings. The van der Waals surface area contributed by atoms with E-state index in [0.29, 0.717) is 24.5 Å². The van der Waals surface area contributed by atoms with Crippen molar-refractivity contribution < 1.29 is 14.6 Å². The average molecular weight is 142 g/mol. The van der Waals surface area contributed by atoms with E-state index < -0.39 is 0 Å². The maximum Gasteiger partial charge on any atom is 0.184 e. The second-order valence-corrected chi connectivity index (χ2v) is 3.43. The van der Waals surface area contributed by atoms with Gasteiger partial charge in [-0.15, -0.1) is 0 Å². The van der Waals surface area contributed by atoms with Gasteiger partial charge in [-0.2, -0.15) is 0 Å². The molecule has 3 heteroatoms. The van der Waals surface area contributed by atoms with Gasteiger partial charge in [0.2, 0.25) is 0 Å². The van der Waals surface area contributed by atoms with Gasteiger partial charge in [0.25, 0.3) is 0 Å². The van der Waals surface area contributed by atoms with Crippen LogP contribution in [-0.4, -0.2) is 30.2 Å². The summed E-state index contributed by atoms with van der Waals surface area (Å²) in [5.41, 5.74) is 0. The van der Waals surface area contributed by atoms with Gasteiger partial charge in [-0.3, -0.25) is 0 Å². The number of aliphatic hydroxyl groups is 1. The van der Waals surface area contributed by atoms with Crippen molar-refractivity contribution in [3.05, 3.63) is 0 Å². The number of aliphatic hydroxyl groups excluding tert-OH is 1. The molecule has 1 saturated carbocycles. The van der Waals surface area contributed by atoms with E-state index in [-0.39, 0.29) is 12.4 Å². The smallest absolute Gasteiger partial charge is 0.184 e. The fourth-order valence-corrected chi connectivity index (χ4v) is 2.10. The third-order valence-corrected chi connectivity index (χ3v) is 2.82. The van der Waals surface area contributed by atoms with Crippen LogP contribution in [0, 0.1) is 11.8 Å². The third kappa shape index (κ3) is 0.516. The van der Waals surface area contributed by atoms with Gasteiger partial charge in [0.15, 0.2) is 6.29 Å². The van der Waals surface area contributed by atoms with Crippen molar-refractivity contribution in [1.82, 2.24) is 0 Å². The first-order chi connectivity index (χ1) is 4.86. The molecule has 5 atom stereocenters. The van der Waals surface area contributed by atoms with Gasteiger partial charge in [-0.25, -0.2) is 0 Å². The molecule has 3 aliphatic rings. The lowest BCUT2D eigenvalue weighted by Crippen LogP contribution is -2.34. The Labute approximate surface area is 58.9 Å². The summed E-state index contributed by atoms with van der Waals surface area (Å²) in [6.45, 7) is 0.697. The molecule has 1 aliphatic carbocycles. The van der Waals surface area contributed by atoms with Crippen molar-refractivity contribution in [1.29, 1.82) is 0 Å². The van der Waals surface area contributed by atoms with Crippen LogP contribution in [0.25, 0.3) is 0 Å². The number of hydrogen-bond acceptors (Lipinski definition) is 3. The van der Waals surface area contributed by atoms with Crippen LogP contribution in [0.15, 0.2) is 0 Å². The van der Waals surface area contributed by atoms with Gasteiger partial charge in [0.1, 0.15) is 6.10 Å². The summed E-state index contributed by atoms with van der Waals surface area (Å²) >= 11 is 0.